The van der Waals surface area contributed by atoms with Crippen LogP contribution in [0.1, 0.15) is 43.2 Å². The number of hydrogen-bond donors (Lipinski definition) is 1. The van der Waals surface area contributed by atoms with Crippen LogP contribution >= 0.6 is 0 Å². The molecule has 3 rings (SSSR count). The lowest BCUT2D eigenvalue weighted by molar-refractivity contribution is 0.146. The second-order valence-corrected chi connectivity index (χ2v) is 6.16. The zero-order chi connectivity index (χ0) is 15.5. The van der Waals surface area contributed by atoms with Crippen LogP contribution in [0, 0.1) is 13.8 Å². The first-order chi connectivity index (χ1) is 10.6. The van der Waals surface area contributed by atoms with Gasteiger partial charge in [0.2, 0.25) is 11.8 Å². The summed E-state index contributed by atoms with van der Waals surface area (Å²) in [6, 6.07) is 9.35. The summed E-state index contributed by atoms with van der Waals surface area (Å²) in [5.41, 5.74) is 2.51. The van der Waals surface area contributed by atoms with Crippen molar-refractivity contribution in [1.82, 2.24) is 15.1 Å². The quantitative estimate of drug-likeness (QED) is 0.938. The number of nitrogens with one attached hydrogen (secondary N) is 1. The van der Waals surface area contributed by atoms with Crippen molar-refractivity contribution in [2.45, 2.75) is 45.7 Å². The highest BCUT2D eigenvalue weighted by Crippen LogP contribution is 2.24. The summed E-state index contributed by atoms with van der Waals surface area (Å²) in [4.78, 5) is 2.42. The van der Waals surface area contributed by atoms with Crippen molar-refractivity contribution in [1.29, 1.82) is 0 Å². The van der Waals surface area contributed by atoms with Gasteiger partial charge in [-0.25, -0.2) is 0 Å². The molecule has 118 valence electrons. The highest BCUT2D eigenvalue weighted by atomic mass is 16.4. The van der Waals surface area contributed by atoms with Crippen LogP contribution in [0.2, 0.25) is 0 Å². The maximum atomic E-state index is 5.55. The van der Waals surface area contributed by atoms with E-state index in [9.17, 15) is 0 Å². The third-order valence-electron chi connectivity index (χ3n) is 4.40. The summed E-state index contributed by atoms with van der Waals surface area (Å²) < 4.78 is 5.55. The average molecular weight is 300 g/mol. The fourth-order valence-corrected chi connectivity index (χ4v) is 2.95. The zero-order valence-electron chi connectivity index (χ0n) is 13.5. The molecule has 1 saturated heterocycles. The molecule has 1 aromatic carbocycles. The van der Waals surface area contributed by atoms with Gasteiger partial charge < -0.3 is 9.73 Å². The second-order valence-electron chi connectivity index (χ2n) is 6.16. The third kappa shape index (κ3) is 3.47. The number of anilines is 1. The average Bonchev–Trinajstić information content (AvgIpc) is 2.96. The van der Waals surface area contributed by atoms with Crippen LogP contribution in [-0.2, 0) is 0 Å². The molecule has 0 bridgehead atoms. The Bertz CT molecular complexity index is 599. The fourth-order valence-electron chi connectivity index (χ4n) is 2.95. The molecule has 1 aromatic heterocycles. The zero-order valence-corrected chi connectivity index (χ0v) is 13.5. The first kappa shape index (κ1) is 15.0. The lowest BCUT2D eigenvalue weighted by atomic mass is 10.0. The maximum absolute atomic E-state index is 5.55. The minimum atomic E-state index is 0.196. The minimum absolute atomic E-state index is 0.196. The number of hydrogen-bond acceptors (Lipinski definition) is 5. The summed E-state index contributed by atoms with van der Waals surface area (Å²) in [5, 5.41) is 11.7. The lowest BCUT2D eigenvalue weighted by Crippen LogP contribution is -2.40. The number of aryl methyl sites for hydroxylation is 2. The molecule has 0 saturated carbocycles. The van der Waals surface area contributed by atoms with Crippen LogP contribution in [0.15, 0.2) is 28.7 Å². The molecule has 0 amide bonds. The fraction of sp³-hybridized carbons (Fsp3) is 0.529. The van der Waals surface area contributed by atoms with E-state index < -0.39 is 0 Å². The Morgan fingerprint density at radius 2 is 1.82 bits per heavy atom. The van der Waals surface area contributed by atoms with E-state index in [0.717, 1.165) is 31.8 Å². The molecule has 1 aliphatic rings. The van der Waals surface area contributed by atoms with Crippen molar-refractivity contribution in [2.75, 3.05) is 18.4 Å². The van der Waals surface area contributed by atoms with Gasteiger partial charge in [0.1, 0.15) is 0 Å². The lowest BCUT2D eigenvalue weighted by Gasteiger charge is -2.35. The molecule has 22 heavy (non-hydrogen) atoms. The Kier molecular flexibility index (Phi) is 4.43. The summed E-state index contributed by atoms with van der Waals surface area (Å²) in [6.07, 6.45) is 2.26. The molecule has 1 aliphatic heterocycles. The van der Waals surface area contributed by atoms with E-state index in [0.29, 0.717) is 11.9 Å². The number of likely N-dealkylation sites (tertiary alicyclic amines) is 1. The third-order valence-corrected chi connectivity index (χ3v) is 4.40. The Labute approximate surface area is 131 Å². The van der Waals surface area contributed by atoms with Gasteiger partial charge in [-0.3, -0.25) is 4.90 Å². The first-order valence-electron chi connectivity index (χ1n) is 7.99. The molecule has 0 spiro atoms. The molecule has 0 aliphatic carbocycles. The Morgan fingerprint density at radius 3 is 2.41 bits per heavy atom. The largest absolute Gasteiger partial charge is 0.424 e. The topological polar surface area (TPSA) is 54.2 Å². The Morgan fingerprint density at radius 1 is 1.14 bits per heavy atom. The van der Waals surface area contributed by atoms with Crippen molar-refractivity contribution < 1.29 is 4.42 Å². The Balaban J connectivity index is 1.52. The highest BCUT2D eigenvalue weighted by Gasteiger charge is 2.26. The van der Waals surface area contributed by atoms with Crippen LogP contribution in [-0.4, -0.2) is 34.2 Å². The number of nitrogens with zero attached hydrogens (tertiary/aromatic N) is 3. The van der Waals surface area contributed by atoms with Crippen molar-refractivity contribution in [2.24, 2.45) is 0 Å². The van der Waals surface area contributed by atoms with Crippen LogP contribution in [0.5, 0.6) is 0 Å². The first-order valence-corrected chi connectivity index (χ1v) is 7.99. The predicted octanol–water partition coefficient (Wildman–Crippen LogP) is 3.32. The van der Waals surface area contributed by atoms with E-state index in [1.165, 1.54) is 11.3 Å². The highest BCUT2D eigenvalue weighted by molar-refractivity contribution is 5.45. The van der Waals surface area contributed by atoms with Crippen molar-refractivity contribution in [3.05, 3.63) is 41.6 Å². The van der Waals surface area contributed by atoms with Crippen LogP contribution < -0.4 is 5.32 Å². The van der Waals surface area contributed by atoms with Crippen LogP contribution in [0.25, 0.3) is 0 Å². The molecule has 1 unspecified atom stereocenters. The van der Waals surface area contributed by atoms with Crippen molar-refractivity contribution in [3.63, 3.8) is 0 Å². The van der Waals surface area contributed by atoms with E-state index in [1.807, 2.05) is 6.92 Å². The number of piperidine rings is 1. The Hall–Kier alpha value is -1.88. The molecule has 5 heteroatoms. The second kappa shape index (κ2) is 6.48. The summed E-state index contributed by atoms with van der Waals surface area (Å²) in [6.45, 7) is 8.18. The van der Waals surface area contributed by atoms with E-state index >= 15 is 0 Å². The van der Waals surface area contributed by atoms with Crippen molar-refractivity contribution in [3.8, 4) is 0 Å². The number of rotatable bonds is 4. The summed E-state index contributed by atoms with van der Waals surface area (Å²) in [7, 11) is 0. The van der Waals surface area contributed by atoms with E-state index in [4.69, 9.17) is 4.42 Å². The van der Waals surface area contributed by atoms with Gasteiger partial charge in [0.15, 0.2) is 0 Å². The molecule has 2 heterocycles. The molecule has 1 atom stereocenters. The van der Waals surface area contributed by atoms with Crippen molar-refractivity contribution >= 4 is 5.69 Å². The molecule has 0 radical (unpaired) electrons. The minimum Gasteiger partial charge on any atom is -0.424 e. The number of benzene rings is 1. The molecule has 2 aromatic rings. The molecule has 5 nitrogen and oxygen atoms in total. The van der Waals surface area contributed by atoms with Gasteiger partial charge in [-0.1, -0.05) is 17.7 Å². The summed E-state index contributed by atoms with van der Waals surface area (Å²) >= 11 is 0. The van der Waals surface area contributed by atoms with Crippen LogP contribution in [0.4, 0.5) is 5.69 Å². The SMILES string of the molecule is Cc1ccc(NC2CCN(C(C)c3nnc(C)o3)CC2)cc1. The van der Waals surface area contributed by atoms with Gasteiger partial charge in [0, 0.05) is 31.7 Å². The smallest absolute Gasteiger partial charge is 0.233 e. The van der Waals surface area contributed by atoms with Gasteiger partial charge in [-0.05, 0) is 38.8 Å². The molecular weight excluding hydrogens is 276 g/mol. The van der Waals surface area contributed by atoms with Crippen LogP contribution in [0.3, 0.4) is 0 Å². The molecule has 1 fully saturated rings. The number of aromatic nitrogens is 2. The monoisotopic (exact) mass is 300 g/mol. The summed E-state index contributed by atoms with van der Waals surface area (Å²) in [5.74, 6) is 1.36. The standard InChI is InChI=1S/C17H24N4O/c1-12-4-6-15(7-5-12)18-16-8-10-21(11-9-16)13(2)17-20-19-14(3)22-17/h4-7,13,16,18H,8-11H2,1-3H3. The van der Waals surface area contributed by atoms with Gasteiger partial charge in [-0.15, -0.1) is 10.2 Å². The molecular formula is C17H24N4O. The predicted molar refractivity (Wildman–Crippen MR) is 86.8 cm³/mol. The maximum Gasteiger partial charge on any atom is 0.233 e. The van der Waals surface area contributed by atoms with Gasteiger partial charge in [0.25, 0.3) is 0 Å². The van der Waals surface area contributed by atoms with Gasteiger partial charge >= 0.3 is 0 Å². The van der Waals surface area contributed by atoms with Gasteiger partial charge in [0.05, 0.1) is 6.04 Å². The van der Waals surface area contributed by atoms with E-state index in [2.05, 4.69) is 58.5 Å². The van der Waals surface area contributed by atoms with Gasteiger partial charge in [-0.2, -0.15) is 0 Å². The van der Waals surface area contributed by atoms with E-state index in [1.54, 1.807) is 0 Å². The normalized spacial score (nSPS) is 18.3. The molecule has 1 N–H and O–H groups in total. The van der Waals surface area contributed by atoms with E-state index in [-0.39, 0.29) is 6.04 Å².